The number of hydrogen-bond acceptors (Lipinski definition) is 8. The molecular weight excluding hydrogens is 541 g/mol. The molecule has 2 aromatic rings. The van der Waals surface area contributed by atoms with Crippen LogP contribution in [0.15, 0.2) is 41.6 Å². The number of ether oxygens (including phenoxy) is 1. The molecule has 1 aliphatic heterocycles. The van der Waals surface area contributed by atoms with Crippen LogP contribution in [0.2, 0.25) is 0 Å². The molecule has 1 amide bonds. The zero-order chi connectivity index (χ0) is 29.0. The standard InChI is InChI=1S/C28H29F3N6O4/c29-28(30,31)15-41-18-2-3-19-17(9-18)5-6-27(19)10-20-22(24(39)35-27)23(25(40)34-13-26(14-38)7-8-26)37(36-20)21-4-1-16(11-32)12-33-21/h1-4,12,18,24,35,38-39H,5-10,13-15H2,(H,34,40)/t18?,24?,27-/m0/s1. The molecule has 3 heterocycles. The van der Waals surface area contributed by atoms with E-state index in [1.54, 1.807) is 24.3 Å². The van der Waals surface area contributed by atoms with Crippen LogP contribution in [0, 0.1) is 16.7 Å². The summed E-state index contributed by atoms with van der Waals surface area (Å²) < 4.78 is 44.4. The smallest absolute Gasteiger partial charge is 0.396 e. The van der Waals surface area contributed by atoms with Crippen molar-refractivity contribution in [3.05, 3.63) is 64.1 Å². The molecule has 4 aliphatic rings. The number of nitrogens with zero attached hydrogens (tertiary/aromatic N) is 4. The normalized spacial score (nSPS) is 26.0. The summed E-state index contributed by atoms with van der Waals surface area (Å²) in [7, 11) is 0. The Morgan fingerprint density at radius 3 is 2.78 bits per heavy atom. The van der Waals surface area contributed by atoms with Gasteiger partial charge in [0.2, 0.25) is 0 Å². The molecule has 2 aromatic heterocycles. The van der Waals surface area contributed by atoms with E-state index in [2.05, 4.69) is 15.6 Å². The zero-order valence-electron chi connectivity index (χ0n) is 22.0. The lowest BCUT2D eigenvalue weighted by molar-refractivity contribution is -0.180. The van der Waals surface area contributed by atoms with Gasteiger partial charge in [-0.1, -0.05) is 17.7 Å². The van der Waals surface area contributed by atoms with Crippen molar-refractivity contribution in [1.82, 2.24) is 25.4 Å². The number of aliphatic hydroxyl groups excluding tert-OH is 2. The fourth-order valence-electron chi connectivity index (χ4n) is 6.07. The van der Waals surface area contributed by atoms with Gasteiger partial charge in [-0.05, 0) is 49.8 Å². The molecule has 3 aliphatic carbocycles. The number of carbonyl (C=O) groups is 1. The first-order valence-corrected chi connectivity index (χ1v) is 13.5. The molecule has 0 aromatic carbocycles. The zero-order valence-corrected chi connectivity index (χ0v) is 22.0. The predicted molar refractivity (Wildman–Crippen MR) is 138 cm³/mol. The van der Waals surface area contributed by atoms with E-state index in [1.165, 1.54) is 10.9 Å². The number of nitriles is 1. The summed E-state index contributed by atoms with van der Waals surface area (Å²) in [5, 5.41) is 41.2. The maximum Gasteiger partial charge on any atom is 0.411 e. The number of pyridine rings is 1. The Kier molecular flexibility index (Phi) is 6.77. The highest BCUT2D eigenvalue weighted by Crippen LogP contribution is 2.48. The number of nitrogens with one attached hydrogen (secondary N) is 2. The van der Waals surface area contributed by atoms with Gasteiger partial charge >= 0.3 is 6.18 Å². The molecular formula is C28H29F3N6O4. The third kappa shape index (κ3) is 5.17. The molecule has 0 radical (unpaired) electrons. The predicted octanol–water partition coefficient (Wildman–Crippen LogP) is 2.51. The Bertz CT molecular complexity index is 1470. The van der Waals surface area contributed by atoms with Gasteiger partial charge in [0, 0.05) is 24.6 Å². The van der Waals surface area contributed by atoms with E-state index in [0.29, 0.717) is 48.3 Å². The van der Waals surface area contributed by atoms with Crippen LogP contribution >= 0.6 is 0 Å². The van der Waals surface area contributed by atoms with Crippen molar-refractivity contribution < 1.29 is 32.9 Å². The van der Waals surface area contributed by atoms with Crippen LogP contribution in [0.3, 0.4) is 0 Å². The molecule has 13 heteroatoms. The van der Waals surface area contributed by atoms with Gasteiger partial charge in [-0.3, -0.25) is 10.1 Å². The Labute approximate surface area is 233 Å². The van der Waals surface area contributed by atoms with Crippen LogP contribution in [0.5, 0.6) is 0 Å². The maximum atomic E-state index is 13.6. The number of carbonyl (C=O) groups excluding carboxylic acids is 1. The molecule has 41 heavy (non-hydrogen) atoms. The number of hydrogen-bond donors (Lipinski definition) is 4. The Hall–Kier alpha value is -3.57. The average Bonchev–Trinajstić information content (AvgIpc) is 3.53. The second-order valence-corrected chi connectivity index (χ2v) is 11.3. The van der Waals surface area contributed by atoms with Gasteiger partial charge in [0.25, 0.3) is 5.91 Å². The monoisotopic (exact) mass is 570 g/mol. The highest BCUT2D eigenvalue weighted by atomic mass is 19.4. The lowest BCUT2D eigenvalue weighted by Gasteiger charge is -2.39. The van der Waals surface area contributed by atoms with Crippen molar-refractivity contribution in [2.75, 3.05) is 19.8 Å². The summed E-state index contributed by atoms with van der Waals surface area (Å²) in [6.45, 7) is -1.09. The van der Waals surface area contributed by atoms with Gasteiger partial charge in [0.05, 0.1) is 35.1 Å². The highest BCUT2D eigenvalue weighted by molar-refractivity contribution is 5.95. The first-order chi connectivity index (χ1) is 19.6. The first kappa shape index (κ1) is 27.6. The van der Waals surface area contributed by atoms with Crippen molar-refractivity contribution in [3.8, 4) is 11.9 Å². The Balaban J connectivity index is 1.32. The van der Waals surface area contributed by atoms with Gasteiger partial charge in [0.1, 0.15) is 24.6 Å². The second kappa shape index (κ2) is 10.1. The number of rotatable bonds is 7. The average molecular weight is 571 g/mol. The molecule has 10 nitrogen and oxygen atoms in total. The molecule has 6 rings (SSSR count). The molecule has 4 N–H and O–H groups in total. The maximum absolute atomic E-state index is 13.6. The molecule has 1 spiro atoms. The number of amides is 1. The lowest BCUT2D eigenvalue weighted by atomic mass is 9.79. The minimum absolute atomic E-state index is 0.0401. The number of fused-ring (bicyclic) bond motifs is 2. The van der Waals surface area contributed by atoms with E-state index in [0.717, 1.165) is 24.0 Å². The van der Waals surface area contributed by atoms with E-state index in [9.17, 15) is 33.4 Å². The molecule has 0 bridgehead atoms. The van der Waals surface area contributed by atoms with Crippen molar-refractivity contribution in [1.29, 1.82) is 5.26 Å². The SMILES string of the molecule is N#Cc1ccc(-n2nc3c(c2C(=O)NCC2(CO)CC2)C(O)N[C@@]2(CCC4=C2C=CC(OCC(F)(F)F)C4)C3)nc1. The minimum atomic E-state index is -4.41. The number of halogens is 3. The van der Waals surface area contributed by atoms with E-state index >= 15 is 0 Å². The summed E-state index contributed by atoms with van der Waals surface area (Å²) in [4.78, 5) is 17.9. The van der Waals surface area contributed by atoms with Crippen LogP contribution in [-0.4, -0.2) is 68.5 Å². The lowest BCUT2D eigenvalue weighted by Crippen LogP contribution is -2.52. The molecule has 2 unspecified atom stereocenters. The van der Waals surface area contributed by atoms with Crippen LogP contribution in [0.1, 0.15) is 65.6 Å². The molecule has 1 fully saturated rings. The summed E-state index contributed by atoms with van der Waals surface area (Å²) in [5.74, 6) is -0.184. The summed E-state index contributed by atoms with van der Waals surface area (Å²) in [6.07, 6.45) is 1.89. The minimum Gasteiger partial charge on any atom is -0.396 e. The number of alkyl halides is 3. The van der Waals surface area contributed by atoms with Gasteiger partial charge in [0.15, 0.2) is 5.82 Å². The van der Waals surface area contributed by atoms with Crippen molar-refractivity contribution >= 4 is 5.91 Å². The van der Waals surface area contributed by atoms with Crippen LogP contribution < -0.4 is 10.6 Å². The van der Waals surface area contributed by atoms with Crippen molar-refractivity contribution in [2.24, 2.45) is 5.41 Å². The van der Waals surface area contributed by atoms with Crippen LogP contribution in [-0.2, 0) is 11.2 Å². The summed E-state index contributed by atoms with van der Waals surface area (Å²) in [6, 6.07) is 5.14. The topological polar surface area (TPSA) is 145 Å². The van der Waals surface area contributed by atoms with Gasteiger partial charge in [-0.15, -0.1) is 0 Å². The van der Waals surface area contributed by atoms with Gasteiger partial charge in [-0.25, -0.2) is 9.67 Å². The highest BCUT2D eigenvalue weighted by Gasteiger charge is 2.49. The summed E-state index contributed by atoms with van der Waals surface area (Å²) >= 11 is 0. The second-order valence-electron chi connectivity index (χ2n) is 11.3. The van der Waals surface area contributed by atoms with E-state index in [1.807, 2.05) is 6.07 Å². The fraction of sp³-hybridized carbons (Fsp3) is 0.500. The van der Waals surface area contributed by atoms with E-state index < -0.39 is 36.6 Å². The summed E-state index contributed by atoms with van der Waals surface area (Å²) in [5.41, 5.74) is 2.05. The first-order valence-electron chi connectivity index (χ1n) is 13.5. The third-order valence-corrected chi connectivity index (χ3v) is 8.52. The van der Waals surface area contributed by atoms with Crippen molar-refractivity contribution in [3.63, 3.8) is 0 Å². The van der Waals surface area contributed by atoms with Crippen LogP contribution in [0.4, 0.5) is 13.2 Å². The molecule has 0 saturated heterocycles. The molecule has 3 atom stereocenters. The fourth-order valence-corrected chi connectivity index (χ4v) is 6.07. The number of aliphatic hydroxyl groups is 2. The van der Waals surface area contributed by atoms with E-state index in [-0.39, 0.29) is 24.3 Å². The third-order valence-electron chi connectivity index (χ3n) is 8.52. The van der Waals surface area contributed by atoms with E-state index in [4.69, 9.17) is 9.84 Å². The van der Waals surface area contributed by atoms with Gasteiger partial charge < -0.3 is 20.3 Å². The van der Waals surface area contributed by atoms with Crippen molar-refractivity contribution in [2.45, 2.75) is 62.6 Å². The Morgan fingerprint density at radius 2 is 2.12 bits per heavy atom. The molecule has 216 valence electrons. The van der Waals surface area contributed by atoms with Gasteiger partial charge in [-0.2, -0.15) is 23.5 Å². The molecule has 1 saturated carbocycles. The van der Waals surface area contributed by atoms with Crippen LogP contribution in [0.25, 0.3) is 5.82 Å². The quantitative estimate of drug-likeness (QED) is 0.398. The Morgan fingerprint density at radius 1 is 1.32 bits per heavy atom. The number of aromatic nitrogens is 3. The largest absolute Gasteiger partial charge is 0.411 e.